The molecule has 0 saturated carbocycles. The maximum Gasteiger partial charge on any atom is 0.119 e. The third-order valence-corrected chi connectivity index (χ3v) is 3.22. The second-order valence-corrected chi connectivity index (χ2v) is 4.93. The third-order valence-electron chi connectivity index (χ3n) is 3.22. The average molecular weight is 287 g/mol. The molecule has 1 atom stereocenters. The van der Waals surface area contributed by atoms with E-state index in [0.717, 1.165) is 22.6 Å². The molecule has 2 aromatic rings. The summed E-state index contributed by atoms with van der Waals surface area (Å²) in [5, 5.41) is 8.94. The highest BCUT2D eigenvalue weighted by atomic mass is 16.5. The molecule has 4 nitrogen and oxygen atoms in total. The molecule has 0 unspecified atom stereocenters. The molecular weight excluding hydrogens is 266 g/mol. The average Bonchev–Trinajstić information content (AvgIpc) is 2.54. The van der Waals surface area contributed by atoms with Crippen molar-refractivity contribution in [2.24, 2.45) is 5.73 Å². The molecule has 21 heavy (non-hydrogen) atoms. The number of rotatable bonds is 7. The zero-order valence-electron chi connectivity index (χ0n) is 12.2. The van der Waals surface area contributed by atoms with Gasteiger partial charge in [-0.2, -0.15) is 0 Å². The van der Waals surface area contributed by atoms with Crippen molar-refractivity contribution in [1.82, 2.24) is 0 Å². The van der Waals surface area contributed by atoms with Crippen LogP contribution in [-0.2, 0) is 13.0 Å². The van der Waals surface area contributed by atoms with Crippen LogP contribution in [0.15, 0.2) is 48.5 Å². The van der Waals surface area contributed by atoms with Crippen LogP contribution < -0.4 is 15.2 Å². The minimum absolute atomic E-state index is 0.00424. The largest absolute Gasteiger partial charge is 0.497 e. The molecule has 0 heterocycles. The molecular formula is C17H21NO3. The van der Waals surface area contributed by atoms with Gasteiger partial charge in [-0.3, -0.25) is 0 Å². The molecule has 0 amide bonds. The first kappa shape index (κ1) is 15.4. The van der Waals surface area contributed by atoms with Crippen LogP contribution in [0.3, 0.4) is 0 Å². The van der Waals surface area contributed by atoms with E-state index in [2.05, 4.69) is 0 Å². The zero-order chi connectivity index (χ0) is 15.1. The Kier molecular flexibility index (Phi) is 5.60. The van der Waals surface area contributed by atoms with Gasteiger partial charge in [0.2, 0.25) is 0 Å². The molecule has 0 aromatic heterocycles. The second kappa shape index (κ2) is 7.67. The highest BCUT2D eigenvalue weighted by Gasteiger charge is 2.03. The molecule has 112 valence electrons. The van der Waals surface area contributed by atoms with Crippen molar-refractivity contribution in [3.63, 3.8) is 0 Å². The first-order valence-electron chi connectivity index (χ1n) is 6.92. The van der Waals surface area contributed by atoms with E-state index < -0.39 is 0 Å². The summed E-state index contributed by atoms with van der Waals surface area (Å²) in [4.78, 5) is 0. The lowest BCUT2D eigenvalue weighted by molar-refractivity contribution is 0.265. The van der Waals surface area contributed by atoms with E-state index in [1.807, 2.05) is 48.5 Å². The molecule has 2 rings (SSSR count). The van der Waals surface area contributed by atoms with Crippen molar-refractivity contribution < 1.29 is 14.6 Å². The van der Waals surface area contributed by atoms with Crippen LogP contribution in [0, 0.1) is 0 Å². The van der Waals surface area contributed by atoms with E-state index in [1.54, 1.807) is 7.11 Å². The lowest BCUT2D eigenvalue weighted by atomic mass is 10.1. The van der Waals surface area contributed by atoms with Gasteiger partial charge in [-0.05, 0) is 41.8 Å². The summed E-state index contributed by atoms with van der Waals surface area (Å²) in [6, 6.07) is 15.4. The number of hydrogen-bond acceptors (Lipinski definition) is 4. The lowest BCUT2D eigenvalue weighted by Gasteiger charge is -2.10. The summed E-state index contributed by atoms with van der Waals surface area (Å²) in [6.07, 6.45) is 0.662. The normalized spacial score (nSPS) is 12.0. The third kappa shape index (κ3) is 4.77. The summed E-state index contributed by atoms with van der Waals surface area (Å²) in [5.74, 6) is 1.65. The Hall–Kier alpha value is -2.04. The Balaban J connectivity index is 1.88. The second-order valence-electron chi connectivity index (χ2n) is 4.93. The maximum absolute atomic E-state index is 8.94. The van der Waals surface area contributed by atoms with Gasteiger partial charge in [0.15, 0.2) is 0 Å². The standard InChI is InChI=1S/C17H21NO3/c1-20-16-6-4-14(5-7-16)12-21-17-8-2-13(3-9-17)10-15(18)11-19/h2-9,15,19H,10-12,18H2,1H3/t15-/m0/s1. The van der Waals surface area contributed by atoms with Crippen LogP contribution in [0.2, 0.25) is 0 Å². The fourth-order valence-corrected chi connectivity index (χ4v) is 1.98. The van der Waals surface area contributed by atoms with E-state index in [9.17, 15) is 0 Å². The Bertz CT molecular complexity index is 537. The van der Waals surface area contributed by atoms with E-state index in [1.165, 1.54) is 0 Å². The molecule has 2 aromatic carbocycles. The van der Waals surface area contributed by atoms with Gasteiger partial charge in [-0.15, -0.1) is 0 Å². The van der Waals surface area contributed by atoms with E-state index >= 15 is 0 Å². The van der Waals surface area contributed by atoms with Gasteiger partial charge < -0.3 is 20.3 Å². The quantitative estimate of drug-likeness (QED) is 0.819. The van der Waals surface area contributed by atoms with Crippen LogP contribution in [0.5, 0.6) is 11.5 Å². The number of aliphatic hydroxyl groups excluding tert-OH is 1. The van der Waals surface area contributed by atoms with Crippen molar-refractivity contribution in [3.05, 3.63) is 59.7 Å². The van der Waals surface area contributed by atoms with Crippen LogP contribution in [0.4, 0.5) is 0 Å². The maximum atomic E-state index is 8.94. The van der Waals surface area contributed by atoms with Gasteiger partial charge in [0.1, 0.15) is 18.1 Å². The number of methoxy groups -OCH3 is 1. The van der Waals surface area contributed by atoms with Crippen molar-refractivity contribution in [1.29, 1.82) is 0 Å². The van der Waals surface area contributed by atoms with E-state index in [4.69, 9.17) is 20.3 Å². The summed E-state index contributed by atoms with van der Waals surface area (Å²) < 4.78 is 10.8. The number of aliphatic hydroxyl groups is 1. The van der Waals surface area contributed by atoms with Gasteiger partial charge in [0.25, 0.3) is 0 Å². The van der Waals surface area contributed by atoms with Crippen molar-refractivity contribution in [2.75, 3.05) is 13.7 Å². The fourth-order valence-electron chi connectivity index (χ4n) is 1.98. The topological polar surface area (TPSA) is 64.7 Å². The molecule has 0 fully saturated rings. The molecule has 0 aliphatic carbocycles. The fraction of sp³-hybridized carbons (Fsp3) is 0.294. The summed E-state index contributed by atoms with van der Waals surface area (Å²) in [5.41, 5.74) is 7.89. The first-order chi connectivity index (χ1) is 10.2. The Labute approximate surface area is 125 Å². The molecule has 0 bridgehead atoms. The predicted molar refractivity (Wildman–Crippen MR) is 82.5 cm³/mol. The lowest BCUT2D eigenvalue weighted by Crippen LogP contribution is -2.26. The predicted octanol–water partition coefficient (Wildman–Crippen LogP) is 2.14. The summed E-state index contributed by atoms with van der Waals surface area (Å²) in [7, 11) is 1.65. The number of hydrogen-bond donors (Lipinski definition) is 2. The van der Waals surface area contributed by atoms with Crippen LogP contribution in [0.25, 0.3) is 0 Å². The Morgan fingerprint density at radius 3 is 2.10 bits per heavy atom. The molecule has 4 heteroatoms. The number of benzene rings is 2. The monoisotopic (exact) mass is 287 g/mol. The minimum atomic E-state index is -0.212. The highest BCUT2D eigenvalue weighted by molar-refractivity contribution is 5.29. The van der Waals surface area contributed by atoms with Gasteiger partial charge in [-0.1, -0.05) is 24.3 Å². The van der Waals surface area contributed by atoms with Crippen molar-refractivity contribution >= 4 is 0 Å². The minimum Gasteiger partial charge on any atom is -0.497 e. The van der Waals surface area contributed by atoms with Crippen molar-refractivity contribution in [3.8, 4) is 11.5 Å². The SMILES string of the molecule is COc1ccc(COc2ccc(C[C@H](N)CO)cc2)cc1. The molecule has 0 saturated heterocycles. The van der Waals surface area contributed by atoms with E-state index in [-0.39, 0.29) is 12.6 Å². The zero-order valence-corrected chi connectivity index (χ0v) is 12.2. The van der Waals surface area contributed by atoms with Gasteiger partial charge in [0.05, 0.1) is 13.7 Å². The molecule has 3 N–H and O–H groups in total. The number of ether oxygens (including phenoxy) is 2. The van der Waals surface area contributed by atoms with Gasteiger partial charge >= 0.3 is 0 Å². The van der Waals surface area contributed by atoms with Crippen molar-refractivity contribution in [2.45, 2.75) is 19.1 Å². The summed E-state index contributed by atoms with van der Waals surface area (Å²) in [6.45, 7) is 0.509. The Morgan fingerprint density at radius 1 is 0.952 bits per heavy atom. The van der Waals surface area contributed by atoms with Crippen LogP contribution >= 0.6 is 0 Å². The van der Waals surface area contributed by atoms with Crippen LogP contribution in [-0.4, -0.2) is 24.9 Å². The number of nitrogens with two attached hydrogens (primary N) is 1. The first-order valence-corrected chi connectivity index (χ1v) is 6.92. The highest BCUT2D eigenvalue weighted by Crippen LogP contribution is 2.16. The molecule has 0 aliphatic rings. The van der Waals surface area contributed by atoms with E-state index in [0.29, 0.717) is 13.0 Å². The Morgan fingerprint density at radius 2 is 1.52 bits per heavy atom. The molecule has 0 aliphatic heterocycles. The van der Waals surface area contributed by atoms with Gasteiger partial charge in [0, 0.05) is 6.04 Å². The van der Waals surface area contributed by atoms with Crippen LogP contribution in [0.1, 0.15) is 11.1 Å². The molecule has 0 spiro atoms. The van der Waals surface area contributed by atoms with Gasteiger partial charge in [-0.25, -0.2) is 0 Å². The summed E-state index contributed by atoms with van der Waals surface area (Å²) >= 11 is 0. The molecule has 0 radical (unpaired) electrons. The smallest absolute Gasteiger partial charge is 0.119 e.